The maximum atomic E-state index is 10.5. The van der Waals surface area contributed by atoms with Gasteiger partial charge in [-0.3, -0.25) is 4.79 Å². The molecule has 1 rings (SSSR count). The SMILES string of the molecule is N[C@@H](CCCCCCc1ccccc1)C(=O)O. The molecule has 3 N–H and O–H groups in total. The highest BCUT2D eigenvalue weighted by atomic mass is 16.4. The van der Waals surface area contributed by atoms with Crippen molar-refractivity contribution in [3.63, 3.8) is 0 Å². The molecule has 0 bridgehead atoms. The van der Waals surface area contributed by atoms with Gasteiger partial charge >= 0.3 is 5.97 Å². The molecule has 1 aromatic carbocycles. The first-order valence-electron chi connectivity index (χ1n) is 6.22. The van der Waals surface area contributed by atoms with Crippen LogP contribution in [0.3, 0.4) is 0 Å². The number of hydrogen-bond acceptors (Lipinski definition) is 2. The monoisotopic (exact) mass is 235 g/mol. The average Bonchev–Trinajstić information content (AvgIpc) is 2.34. The zero-order valence-corrected chi connectivity index (χ0v) is 10.1. The van der Waals surface area contributed by atoms with Crippen LogP contribution in [0.1, 0.15) is 37.7 Å². The van der Waals surface area contributed by atoms with Crippen molar-refractivity contribution in [3.8, 4) is 0 Å². The van der Waals surface area contributed by atoms with E-state index in [-0.39, 0.29) is 0 Å². The average molecular weight is 235 g/mol. The highest BCUT2D eigenvalue weighted by molar-refractivity contribution is 5.72. The molecule has 1 atom stereocenters. The van der Waals surface area contributed by atoms with Gasteiger partial charge in [-0.1, -0.05) is 49.6 Å². The minimum Gasteiger partial charge on any atom is -0.480 e. The van der Waals surface area contributed by atoms with Crippen molar-refractivity contribution < 1.29 is 9.90 Å². The predicted octanol–water partition coefficient (Wildman–Crippen LogP) is 2.59. The highest BCUT2D eigenvalue weighted by Gasteiger charge is 2.09. The first-order valence-corrected chi connectivity index (χ1v) is 6.22. The molecular weight excluding hydrogens is 214 g/mol. The summed E-state index contributed by atoms with van der Waals surface area (Å²) in [5.74, 6) is -0.894. The molecule has 0 radical (unpaired) electrons. The van der Waals surface area contributed by atoms with E-state index in [2.05, 4.69) is 24.3 Å². The number of carbonyl (C=O) groups is 1. The van der Waals surface area contributed by atoms with Crippen molar-refractivity contribution in [1.82, 2.24) is 0 Å². The Morgan fingerprint density at radius 2 is 1.76 bits per heavy atom. The second-order valence-electron chi connectivity index (χ2n) is 4.38. The predicted molar refractivity (Wildman–Crippen MR) is 68.8 cm³/mol. The maximum Gasteiger partial charge on any atom is 0.320 e. The maximum absolute atomic E-state index is 10.5. The highest BCUT2D eigenvalue weighted by Crippen LogP contribution is 2.09. The summed E-state index contributed by atoms with van der Waals surface area (Å²) >= 11 is 0. The lowest BCUT2D eigenvalue weighted by atomic mass is 10.0. The summed E-state index contributed by atoms with van der Waals surface area (Å²) in [5, 5.41) is 8.61. The number of carboxylic acids is 1. The van der Waals surface area contributed by atoms with Crippen LogP contribution in [0.25, 0.3) is 0 Å². The Morgan fingerprint density at radius 1 is 1.12 bits per heavy atom. The molecule has 0 saturated carbocycles. The molecule has 0 spiro atoms. The molecule has 0 aliphatic heterocycles. The lowest BCUT2D eigenvalue weighted by molar-refractivity contribution is -0.138. The number of unbranched alkanes of at least 4 members (excludes halogenated alkanes) is 3. The summed E-state index contributed by atoms with van der Waals surface area (Å²) in [6, 6.07) is 9.73. The van der Waals surface area contributed by atoms with Crippen LogP contribution in [0.4, 0.5) is 0 Å². The lowest BCUT2D eigenvalue weighted by Crippen LogP contribution is -2.29. The van der Waals surface area contributed by atoms with E-state index in [9.17, 15) is 4.79 Å². The summed E-state index contributed by atoms with van der Waals surface area (Å²) in [4.78, 5) is 10.5. The molecule has 0 saturated heterocycles. The van der Waals surface area contributed by atoms with Gasteiger partial charge in [0.15, 0.2) is 0 Å². The van der Waals surface area contributed by atoms with Gasteiger partial charge in [0.25, 0.3) is 0 Å². The van der Waals surface area contributed by atoms with Crippen LogP contribution in [-0.4, -0.2) is 17.1 Å². The number of aliphatic carboxylic acids is 1. The van der Waals surface area contributed by atoms with Crippen LogP contribution < -0.4 is 5.73 Å². The molecule has 0 aliphatic carbocycles. The van der Waals surface area contributed by atoms with Gasteiger partial charge in [-0.05, 0) is 24.8 Å². The smallest absolute Gasteiger partial charge is 0.320 e. The second kappa shape index (κ2) is 7.85. The van der Waals surface area contributed by atoms with Crippen LogP contribution in [0.5, 0.6) is 0 Å². The molecule has 0 aromatic heterocycles. The van der Waals surface area contributed by atoms with Gasteiger partial charge in [0.05, 0.1) is 0 Å². The summed E-state index contributed by atoms with van der Waals surface area (Å²) in [5.41, 5.74) is 6.79. The molecule has 0 aliphatic rings. The quantitative estimate of drug-likeness (QED) is 0.681. The Labute approximate surface area is 103 Å². The topological polar surface area (TPSA) is 63.3 Å². The van der Waals surface area contributed by atoms with Gasteiger partial charge in [0, 0.05) is 0 Å². The van der Waals surface area contributed by atoms with Crippen molar-refractivity contribution in [1.29, 1.82) is 0 Å². The first kappa shape index (κ1) is 13.7. The Balaban J connectivity index is 2.00. The van der Waals surface area contributed by atoms with E-state index < -0.39 is 12.0 Å². The van der Waals surface area contributed by atoms with Crippen molar-refractivity contribution in [2.45, 2.75) is 44.6 Å². The van der Waals surface area contributed by atoms with Crippen LogP contribution >= 0.6 is 0 Å². The van der Waals surface area contributed by atoms with Crippen molar-refractivity contribution >= 4 is 5.97 Å². The van der Waals surface area contributed by atoms with Gasteiger partial charge in [0.1, 0.15) is 6.04 Å². The van der Waals surface area contributed by atoms with E-state index in [1.807, 2.05) is 6.07 Å². The Hall–Kier alpha value is -1.35. The Morgan fingerprint density at radius 3 is 2.41 bits per heavy atom. The minimum atomic E-state index is -0.894. The van der Waals surface area contributed by atoms with Crippen molar-refractivity contribution in [3.05, 3.63) is 35.9 Å². The largest absolute Gasteiger partial charge is 0.480 e. The zero-order valence-electron chi connectivity index (χ0n) is 10.1. The van der Waals surface area contributed by atoms with E-state index >= 15 is 0 Å². The number of benzene rings is 1. The van der Waals surface area contributed by atoms with E-state index in [1.165, 1.54) is 5.56 Å². The first-order chi connectivity index (χ1) is 8.20. The molecule has 3 heteroatoms. The number of rotatable bonds is 8. The van der Waals surface area contributed by atoms with E-state index in [0.717, 1.165) is 32.1 Å². The zero-order chi connectivity index (χ0) is 12.5. The fraction of sp³-hybridized carbons (Fsp3) is 0.500. The summed E-state index contributed by atoms with van der Waals surface area (Å²) < 4.78 is 0. The standard InChI is InChI=1S/C14H21NO2/c15-13(14(16)17)11-7-2-1-4-8-12-9-5-3-6-10-12/h3,5-6,9-10,13H,1-2,4,7-8,11,15H2,(H,16,17)/t13-/m0/s1. The third-order valence-electron chi connectivity index (χ3n) is 2.89. The van der Waals surface area contributed by atoms with Crippen LogP contribution in [0.15, 0.2) is 30.3 Å². The van der Waals surface area contributed by atoms with Gasteiger partial charge in [-0.15, -0.1) is 0 Å². The second-order valence-corrected chi connectivity index (χ2v) is 4.38. The molecule has 17 heavy (non-hydrogen) atoms. The Bertz CT molecular complexity index is 324. The summed E-state index contributed by atoms with van der Waals surface area (Å²) in [7, 11) is 0. The molecule has 0 amide bonds. The lowest BCUT2D eigenvalue weighted by Gasteiger charge is -2.05. The van der Waals surface area contributed by atoms with Gasteiger partial charge < -0.3 is 10.8 Å². The fourth-order valence-corrected chi connectivity index (χ4v) is 1.82. The molecule has 0 fully saturated rings. The van der Waals surface area contributed by atoms with Gasteiger partial charge in [-0.2, -0.15) is 0 Å². The summed E-state index contributed by atoms with van der Waals surface area (Å²) in [6.45, 7) is 0. The van der Waals surface area contributed by atoms with Gasteiger partial charge in [-0.25, -0.2) is 0 Å². The number of aryl methyl sites for hydroxylation is 1. The van der Waals surface area contributed by atoms with Gasteiger partial charge in [0.2, 0.25) is 0 Å². The molecule has 1 aromatic rings. The van der Waals surface area contributed by atoms with Crippen molar-refractivity contribution in [2.75, 3.05) is 0 Å². The van der Waals surface area contributed by atoms with Crippen LogP contribution in [-0.2, 0) is 11.2 Å². The minimum absolute atomic E-state index is 0.584. The molecule has 3 nitrogen and oxygen atoms in total. The Kier molecular flexibility index (Phi) is 6.33. The third kappa shape index (κ3) is 6.07. The summed E-state index contributed by atoms with van der Waals surface area (Å²) in [6.07, 6.45) is 5.95. The number of hydrogen-bond donors (Lipinski definition) is 2. The molecule has 0 unspecified atom stereocenters. The van der Waals surface area contributed by atoms with E-state index in [4.69, 9.17) is 10.8 Å². The van der Waals surface area contributed by atoms with Crippen LogP contribution in [0.2, 0.25) is 0 Å². The molecular formula is C14H21NO2. The third-order valence-corrected chi connectivity index (χ3v) is 2.89. The molecule has 0 heterocycles. The van der Waals surface area contributed by atoms with Crippen LogP contribution in [0, 0.1) is 0 Å². The van der Waals surface area contributed by atoms with Crippen molar-refractivity contribution in [2.24, 2.45) is 5.73 Å². The fourth-order valence-electron chi connectivity index (χ4n) is 1.82. The van der Waals surface area contributed by atoms with E-state index in [1.54, 1.807) is 0 Å². The van der Waals surface area contributed by atoms with E-state index in [0.29, 0.717) is 6.42 Å². The molecule has 94 valence electrons. The number of carboxylic acid groups (broad SMARTS) is 1. The normalized spacial score (nSPS) is 12.3. The number of nitrogens with two attached hydrogens (primary N) is 1.